The Balaban J connectivity index is 1.44. The van der Waals surface area contributed by atoms with Crippen LogP contribution in [-0.2, 0) is 6.61 Å². The van der Waals surface area contributed by atoms with Crippen LogP contribution in [0.3, 0.4) is 0 Å². The van der Waals surface area contributed by atoms with Crippen LogP contribution in [0.15, 0.2) is 88.4 Å². The zero-order valence-corrected chi connectivity index (χ0v) is 16.8. The quantitative estimate of drug-likeness (QED) is 0.442. The van der Waals surface area contributed by atoms with Crippen molar-refractivity contribution in [3.63, 3.8) is 0 Å². The van der Waals surface area contributed by atoms with E-state index in [9.17, 15) is 10.1 Å². The molecule has 7 nitrogen and oxygen atoms in total. The Labute approximate surface area is 182 Å². The highest BCUT2D eigenvalue weighted by molar-refractivity contribution is 5.80. The molecular weight excluding hydrogens is 404 g/mol. The number of hydrogen-bond donors (Lipinski definition) is 1. The summed E-state index contributed by atoms with van der Waals surface area (Å²) in [5, 5.41) is 13.4. The highest BCUT2D eigenvalue weighted by Crippen LogP contribution is 2.31. The van der Waals surface area contributed by atoms with Gasteiger partial charge in [-0.1, -0.05) is 24.3 Å². The molecule has 0 fully saturated rings. The molecule has 0 spiro atoms. The van der Waals surface area contributed by atoms with Gasteiger partial charge in [-0.15, -0.1) is 0 Å². The van der Waals surface area contributed by atoms with E-state index in [4.69, 9.17) is 9.26 Å². The number of aromatic amines is 1. The molecular formula is C25H16N4O3. The van der Waals surface area contributed by atoms with Crippen LogP contribution < -0.4 is 10.4 Å². The van der Waals surface area contributed by atoms with Crippen molar-refractivity contribution in [2.24, 2.45) is 0 Å². The second-order valence-electron chi connectivity index (χ2n) is 7.08. The van der Waals surface area contributed by atoms with Gasteiger partial charge < -0.3 is 9.26 Å². The fourth-order valence-electron chi connectivity index (χ4n) is 3.52. The number of hydrogen-bond acceptors (Lipinski definition) is 6. The Kier molecular flexibility index (Phi) is 4.94. The van der Waals surface area contributed by atoms with Crippen molar-refractivity contribution in [3.8, 4) is 34.2 Å². The van der Waals surface area contributed by atoms with Crippen molar-refractivity contribution >= 4 is 10.9 Å². The molecule has 0 unspecified atom stereocenters. The third-order valence-corrected chi connectivity index (χ3v) is 5.09. The normalized spacial score (nSPS) is 10.7. The van der Waals surface area contributed by atoms with Crippen LogP contribution >= 0.6 is 0 Å². The van der Waals surface area contributed by atoms with Crippen molar-refractivity contribution in [2.45, 2.75) is 6.61 Å². The summed E-state index contributed by atoms with van der Waals surface area (Å²) in [6, 6.07) is 22.5. The summed E-state index contributed by atoms with van der Waals surface area (Å²) in [4.78, 5) is 20.8. The van der Waals surface area contributed by atoms with Crippen LogP contribution in [-0.4, -0.2) is 15.1 Å². The Hall–Kier alpha value is -4.70. The van der Waals surface area contributed by atoms with E-state index in [1.165, 1.54) is 0 Å². The molecule has 0 saturated heterocycles. The fraction of sp³-hybridized carbons (Fsp3) is 0.0400. The zero-order chi connectivity index (χ0) is 21.9. The number of nitrogens with zero attached hydrogens (tertiary/aromatic N) is 3. The van der Waals surface area contributed by atoms with Gasteiger partial charge in [-0.3, -0.25) is 4.98 Å². The first-order valence-electron chi connectivity index (χ1n) is 9.87. The second kappa shape index (κ2) is 8.20. The van der Waals surface area contributed by atoms with E-state index in [0.717, 1.165) is 16.6 Å². The first-order valence-corrected chi connectivity index (χ1v) is 9.87. The summed E-state index contributed by atoms with van der Waals surface area (Å²) in [6.45, 7) is 0.226. The number of nitrogens with one attached hydrogen (secondary N) is 1. The largest absolute Gasteiger partial charge is 0.486 e. The number of H-pyrrole nitrogens is 1. The van der Waals surface area contributed by atoms with Gasteiger partial charge in [0.05, 0.1) is 28.0 Å². The number of aromatic nitrogens is 3. The predicted octanol–water partition coefficient (Wildman–Crippen LogP) is 4.70. The monoisotopic (exact) mass is 420 g/mol. The van der Waals surface area contributed by atoms with Crippen LogP contribution in [0.5, 0.6) is 5.75 Å². The van der Waals surface area contributed by atoms with Crippen molar-refractivity contribution in [2.75, 3.05) is 0 Å². The molecule has 1 N–H and O–H groups in total. The van der Waals surface area contributed by atoms with Gasteiger partial charge in [-0.05, 0) is 48.0 Å². The van der Waals surface area contributed by atoms with Gasteiger partial charge in [0.2, 0.25) is 0 Å². The van der Waals surface area contributed by atoms with E-state index in [2.05, 4.69) is 21.2 Å². The number of rotatable bonds is 5. The molecule has 0 amide bonds. The minimum absolute atomic E-state index is 0.226. The van der Waals surface area contributed by atoms with Crippen molar-refractivity contribution < 1.29 is 9.26 Å². The average Bonchev–Trinajstić information content (AvgIpc) is 3.24. The number of pyridine rings is 2. The molecule has 2 aromatic carbocycles. The molecule has 0 saturated carbocycles. The molecule has 0 bridgehead atoms. The highest BCUT2D eigenvalue weighted by atomic mass is 16.5. The standard InChI is InChI=1S/C25H16N4O3/c26-14-19-13-18(24-23(25(30)32-29-24)17-9-11-27-12-10-17)6-8-22(19)31-15-20-7-5-16-3-1-2-4-21(16)28-20/h1-13,29H,15H2. The van der Waals surface area contributed by atoms with E-state index in [-0.39, 0.29) is 6.61 Å². The molecule has 3 aromatic heterocycles. The van der Waals surface area contributed by atoms with E-state index in [1.54, 1.807) is 42.7 Å². The lowest BCUT2D eigenvalue weighted by molar-refractivity contribution is 0.301. The summed E-state index contributed by atoms with van der Waals surface area (Å²) in [7, 11) is 0. The third-order valence-electron chi connectivity index (χ3n) is 5.09. The molecule has 3 heterocycles. The van der Waals surface area contributed by atoms with Crippen LogP contribution in [0.1, 0.15) is 11.3 Å². The topological polar surface area (TPSA) is 105 Å². The van der Waals surface area contributed by atoms with Crippen LogP contribution in [0.2, 0.25) is 0 Å². The van der Waals surface area contributed by atoms with E-state index in [0.29, 0.717) is 33.7 Å². The summed E-state index contributed by atoms with van der Waals surface area (Å²) >= 11 is 0. The minimum Gasteiger partial charge on any atom is -0.486 e. The molecule has 5 rings (SSSR count). The van der Waals surface area contributed by atoms with E-state index < -0.39 is 5.63 Å². The lowest BCUT2D eigenvalue weighted by Gasteiger charge is -2.10. The molecule has 5 aromatic rings. The summed E-state index contributed by atoms with van der Waals surface area (Å²) in [5.41, 5.74) is 3.67. The Bertz CT molecular complexity index is 1510. The fourth-order valence-corrected chi connectivity index (χ4v) is 3.52. The van der Waals surface area contributed by atoms with Gasteiger partial charge in [0.25, 0.3) is 0 Å². The Morgan fingerprint density at radius 1 is 1.00 bits per heavy atom. The van der Waals surface area contributed by atoms with Gasteiger partial charge in [-0.25, -0.2) is 14.9 Å². The maximum absolute atomic E-state index is 12.3. The molecule has 7 heteroatoms. The zero-order valence-electron chi connectivity index (χ0n) is 16.8. The molecule has 0 aliphatic heterocycles. The molecule has 0 aliphatic carbocycles. The van der Waals surface area contributed by atoms with Crippen molar-refractivity contribution in [1.82, 2.24) is 15.1 Å². The van der Waals surface area contributed by atoms with E-state index in [1.807, 2.05) is 36.4 Å². The van der Waals surface area contributed by atoms with Gasteiger partial charge in [0, 0.05) is 23.3 Å². The highest BCUT2D eigenvalue weighted by Gasteiger charge is 2.17. The average molecular weight is 420 g/mol. The predicted molar refractivity (Wildman–Crippen MR) is 119 cm³/mol. The molecule has 0 atom stereocenters. The van der Waals surface area contributed by atoms with E-state index >= 15 is 0 Å². The lowest BCUT2D eigenvalue weighted by Crippen LogP contribution is -2.00. The van der Waals surface area contributed by atoms with Crippen molar-refractivity contribution in [3.05, 3.63) is 101 Å². The Morgan fingerprint density at radius 3 is 2.69 bits per heavy atom. The van der Waals surface area contributed by atoms with Gasteiger partial charge in [0.15, 0.2) is 0 Å². The SMILES string of the molecule is N#Cc1cc(-c2[nH]oc(=O)c2-c2ccncc2)ccc1OCc1ccc2ccccc2n1. The van der Waals surface area contributed by atoms with Gasteiger partial charge in [0.1, 0.15) is 18.4 Å². The van der Waals surface area contributed by atoms with Crippen molar-refractivity contribution in [1.29, 1.82) is 5.26 Å². The molecule has 0 radical (unpaired) electrons. The number of nitriles is 1. The summed E-state index contributed by atoms with van der Waals surface area (Å²) in [6.07, 6.45) is 3.20. The number of para-hydroxylation sites is 1. The third kappa shape index (κ3) is 3.61. The first-order chi connectivity index (χ1) is 15.7. The summed E-state index contributed by atoms with van der Waals surface area (Å²) in [5.74, 6) is 0.433. The summed E-state index contributed by atoms with van der Waals surface area (Å²) < 4.78 is 10.9. The molecule has 0 aliphatic rings. The number of ether oxygens (including phenoxy) is 1. The maximum atomic E-state index is 12.3. The Morgan fingerprint density at radius 2 is 1.84 bits per heavy atom. The second-order valence-corrected chi connectivity index (χ2v) is 7.08. The minimum atomic E-state index is -0.493. The van der Waals surface area contributed by atoms with Gasteiger partial charge in [-0.2, -0.15) is 5.26 Å². The van der Waals surface area contributed by atoms with Gasteiger partial charge >= 0.3 is 5.63 Å². The number of benzene rings is 2. The van der Waals surface area contributed by atoms with Crippen LogP contribution in [0, 0.1) is 11.3 Å². The smallest absolute Gasteiger partial charge is 0.365 e. The maximum Gasteiger partial charge on any atom is 0.365 e. The molecule has 154 valence electrons. The van der Waals surface area contributed by atoms with Crippen LogP contribution in [0.25, 0.3) is 33.3 Å². The van der Waals surface area contributed by atoms with Crippen LogP contribution in [0.4, 0.5) is 0 Å². The first kappa shape index (κ1) is 19.3. The number of fused-ring (bicyclic) bond motifs is 1. The lowest BCUT2D eigenvalue weighted by atomic mass is 10.0. The molecule has 32 heavy (non-hydrogen) atoms.